The van der Waals surface area contributed by atoms with Crippen molar-refractivity contribution < 1.29 is 14.4 Å². The quantitative estimate of drug-likeness (QED) is 0.279. The molecule has 0 saturated carbocycles. The first-order chi connectivity index (χ1) is 19.8. The SMILES string of the molecule is Cc1ccc(C(=O)[C@@H]2[C@@H](C(=O)c3ccc(Cl)cc3)N3c4ccc(C)cc4C=C[C@@H]3[C@@]23C(=O)Nc2ccccc23)cc1. The second-order valence-electron chi connectivity index (χ2n) is 11.2. The number of para-hydroxylation sites is 1. The highest BCUT2D eigenvalue weighted by Gasteiger charge is 2.70. The molecule has 1 saturated heterocycles. The highest BCUT2D eigenvalue weighted by molar-refractivity contribution is 6.30. The lowest BCUT2D eigenvalue weighted by atomic mass is 9.64. The summed E-state index contributed by atoms with van der Waals surface area (Å²) in [6.45, 7) is 3.98. The van der Waals surface area contributed by atoms with Crippen molar-refractivity contribution in [3.8, 4) is 0 Å². The van der Waals surface area contributed by atoms with Gasteiger partial charge in [0.25, 0.3) is 0 Å². The van der Waals surface area contributed by atoms with E-state index in [4.69, 9.17) is 11.6 Å². The van der Waals surface area contributed by atoms with Gasteiger partial charge in [0.05, 0.1) is 12.0 Å². The van der Waals surface area contributed by atoms with Crippen molar-refractivity contribution in [1.82, 2.24) is 0 Å². The van der Waals surface area contributed by atoms with Gasteiger partial charge in [0, 0.05) is 27.5 Å². The fraction of sp³-hybridized carbons (Fsp3) is 0.171. The molecule has 41 heavy (non-hydrogen) atoms. The van der Waals surface area contributed by atoms with E-state index in [1.165, 1.54) is 0 Å². The number of anilines is 2. The van der Waals surface area contributed by atoms with Crippen LogP contribution >= 0.6 is 11.6 Å². The zero-order chi connectivity index (χ0) is 28.5. The van der Waals surface area contributed by atoms with E-state index < -0.39 is 23.4 Å². The van der Waals surface area contributed by atoms with Crippen molar-refractivity contribution in [1.29, 1.82) is 0 Å². The molecular weight excluding hydrogens is 532 g/mol. The maximum Gasteiger partial charge on any atom is 0.238 e. The highest BCUT2D eigenvalue weighted by Crippen LogP contribution is 2.58. The molecule has 4 aromatic carbocycles. The third-order valence-electron chi connectivity index (χ3n) is 8.80. The van der Waals surface area contributed by atoms with Crippen LogP contribution in [0.15, 0.2) is 97.1 Å². The molecule has 1 N–H and O–H groups in total. The molecule has 1 amide bonds. The Kier molecular flexibility index (Phi) is 5.77. The third kappa shape index (κ3) is 3.65. The van der Waals surface area contributed by atoms with Crippen molar-refractivity contribution >= 4 is 46.5 Å². The normalized spacial score (nSPS) is 23.6. The van der Waals surface area contributed by atoms with Gasteiger partial charge in [-0.3, -0.25) is 14.4 Å². The molecule has 0 aromatic heterocycles. The topological polar surface area (TPSA) is 66.5 Å². The van der Waals surface area contributed by atoms with Crippen molar-refractivity contribution in [3.63, 3.8) is 0 Å². The van der Waals surface area contributed by atoms with Crippen molar-refractivity contribution in [2.24, 2.45) is 5.92 Å². The van der Waals surface area contributed by atoms with E-state index in [2.05, 4.69) is 11.4 Å². The number of nitrogens with zero attached hydrogens (tertiary/aromatic N) is 1. The molecule has 3 aliphatic heterocycles. The predicted octanol–water partition coefficient (Wildman–Crippen LogP) is 6.81. The first-order valence-electron chi connectivity index (χ1n) is 13.7. The lowest BCUT2D eigenvalue weighted by Gasteiger charge is -2.37. The van der Waals surface area contributed by atoms with Crippen LogP contribution in [0.1, 0.15) is 43.0 Å². The number of Topliss-reactive ketones (excluding diaryl/α,β-unsaturated/α-hetero) is 2. The molecule has 0 aliphatic carbocycles. The lowest BCUT2D eigenvalue weighted by Crippen LogP contribution is -2.51. The third-order valence-corrected chi connectivity index (χ3v) is 9.06. The summed E-state index contributed by atoms with van der Waals surface area (Å²) in [6, 6.07) is 26.2. The van der Waals surface area contributed by atoms with E-state index in [-0.39, 0.29) is 17.5 Å². The molecule has 4 aromatic rings. The van der Waals surface area contributed by atoms with Crippen LogP contribution in [0.25, 0.3) is 6.08 Å². The number of ketones is 2. The Morgan fingerprint density at radius 3 is 2.24 bits per heavy atom. The Bertz CT molecular complexity index is 1780. The maximum atomic E-state index is 14.8. The Morgan fingerprint density at radius 1 is 0.829 bits per heavy atom. The van der Waals surface area contributed by atoms with Gasteiger partial charge >= 0.3 is 0 Å². The zero-order valence-electron chi connectivity index (χ0n) is 22.6. The number of benzene rings is 4. The van der Waals surface area contributed by atoms with E-state index in [0.29, 0.717) is 21.8 Å². The molecule has 202 valence electrons. The first-order valence-corrected chi connectivity index (χ1v) is 14.1. The summed E-state index contributed by atoms with van der Waals surface area (Å²) in [7, 11) is 0. The standard InChI is InChI=1S/C35H27ClN2O3/c1-20-7-10-22(11-8-20)32(39)30-31(33(40)23-12-15-25(36)16-13-23)38-28-17-9-21(2)19-24(28)14-18-29(38)35(30)26-5-3-4-6-27(26)37-34(35)41/h3-19,29-31H,1-2H3,(H,37,41)/t29-,30+,31+,35-/m1/s1. The number of aryl methyl sites for hydroxylation is 2. The number of nitrogens with one attached hydrogen (secondary N) is 1. The van der Waals surface area contributed by atoms with Gasteiger partial charge in [0.1, 0.15) is 11.5 Å². The second kappa shape index (κ2) is 9.28. The predicted molar refractivity (Wildman–Crippen MR) is 162 cm³/mol. The number of hydrogen-bond acceptors (Lipinski definition) is 4. The minimum absolute atomic E-state index is 0.229. The summed E-state index contributed by atoms with van der Waals surface area (Å²) in [5.41, 5.74) is 4.85. The van der Waals surface area contributed by atoms with Crippen LogP contribution in [0.5, 0.6) is 0 Å². The number of rotatable bonds is 4. The largest absolute Gasteiger partial charge is 0.352 e. The van der Waals surface area contributed by atoms with Gasteiger partial charge in [-0.2, -0.15) is 0 Å². The fourth-order valence-electron chi connectivity index (χ4n) is 6.98. The number of fused-ring (bicyclic) bond motifs is 6. The summed E-state index contributed by atoms with van der Waals surface area (Å²) in [5.74, 6) is -1.74. The van der Waals surface area contributed by atoms with Crippen LogP contribution < -0.4 is 10.2 Å². The molecular formula is C35H27ClN2O3. The summed E-state index contributed by atoms with van der Waals surface area (Å²) in [6.07, 6.45) is 4.01. The smallest absolute Gasteiger partial charge is 0.238 e. The summed E-state index contributed by atoms with van der Waals surface area (Å²) < 4.78 is 0. The van der Waals surface area contributed by atoms with Crippen LogP contribution in [0, 0.1) is 19.8 Å². The lowest BCUT2D eigenvalue weighted by molar-refractivity contribution is -0.121. The van der Waals surface area contributed by atoms with Gasteiger partial charge in [-0.25, -0.2) is 0 Å². The molecule has 0 unspecified atom stereocenters. The number of halogens is 1. The highest BCUT2D eigenvalue weighted by atomic mass is 35.5. The minimum Gasteiger partial charge on any atom is -0.352 e. The summed E-state index contributed by atoms with van der Waals surface area (Å²) in [4.78, 5) is 45.8. The summed E-state index contributed by atoms with van der Waals surface area (Å²) in [5, 5.41) is 3.58. The van der Waals surface area contributed by atoms with E-state index in [9.17, 15) is 14.4 Å². The Labute approximate surface area is 243 Å². The maximum absolute atomic E-state index is 14.8. The monoisotopic (exact) mass is 558 g/mol. The number of carbonyl (C=O) groups is 3. The first kappa shape index (κ1) is 25.5. The molecule has 7 rings (SSSR count). The molecule has 0 radical (unpaired) electrons. The van der Waals surface area contributed by atoms with E-state index in [1.54, 1.807) is 36.4 Å². The van der Waals surface area contributed by atoms with E-state index >= 15 is 0 Å². The Morgan fingerprint density at radius 2 is 1.49 bits per heavy atom. The average molecular weight is 559 g/mol. The molecule has 3 aliphatic rings. The van der Waals surface area contributed by atoms with Gasteiger partial charge < -0.3 is 10.2 Å². The van der Waals surface area contributed by atoms with Crippen molar-refractivity contribution in [2.45, 2.75) is 31.3 Å². The van der Waals surface area contributed by atoms with Crippen LogP contribution in [-0.4, -0.2) is 29.6 Å². The van der Waals surface area contributed by atoms with Crippen molar-refractivity contribution in [3.05, 3.63) is 135 Å². The molecule has 6 heteroatoms. The zero-order valence-corrected chi connectivity index (χ0v) is 23.4. The fourth-order valence-corrected chi connectivity index (χ4v) is 7.11. The molecule has 3 heterocycles. The number of hydrogen-bond donors (Lipinski definition) is 1. The number of amides is 1. The molecule has 5 nitrogen and oxygen atoms in total. The van der Waals surface area contributed by atoms with E-state index in [0.717, 1.165) is 27.9 Å². The van der Waals surface area contributed by atoms with Gasteiger partial charge in [-0.15, -0.1) is 0 Å². The minimum atomic E-state index is -1.33. The van der Waals surface area contributed by atoms with Crippen LogP contribution in [0.2, 0.25) is 5.02 Å². The van der Waals surface area contributed by atoms with Crippen LogP contribution in [0.3, 0.4) is 0 Å². The number of carbonyl (C=O) groups excluding carboxylic acids is 3. The van der Waals surface area contributed by atoms with Gasteiger partial charge in [-0.05, 0) is 67.4 Å². The van der Waals surface area contributed by atoms with Crippen LogP contribution in [-0.2, 0) is 10.2 Å². The second-order valence-corrected chi connectivity index (χ2v) is 11.6. The van der Waals surface area contributed by atoms with Crippen molar-refractivity contribution in [2.75, 3.05) is 10.2 Å². The molecule has 0 bridgehead atoms. The van der Waals surface area contributed by atoms with Gasteiger partial charge in [0.15, 0.2) is 11.6 Å². The van der Waals surface area contributed by atoms with Gasteiger partial charge in [0.2, 0.25) is 5.91 Å². The Balaban J connectivity index is 1.53. The summed E-state index contributed by atoms with van der Waals surface area (Å²) >= 11 is 6.18. The average Bonchev–Trinajstić information content (AvgIpc) is 3.45. The molecule has 1 fully saturated rings. The molecule has 1 spiro atoms. The van der Waals surface area contributed by atoms with E-state index in [1.807, 2.05) is 79.4 Å². The van der Waals surface area contributed by atoms with Crippen LogP contribution in [0.4, 0.5) is 11.4 Å². The van der Waals surface area contributed by atoms with Gasteiger partial charge in [-0.1, -0.05) is 83.4 Å². The molecule has 4 atom stereocenters. The Hall–Kier alpha value is -4.48.